The van der Waals surface area contributed by atoms with Crippen molar-refractivity contribution in [2.24, 2.45) is 11.3 Å². The average molecular weight is 605 g/mol. The molecule has 4 rings (SSSR count). The van der Waals surface area contributed by atoms with E-state index in [1.54, 1.807) is 30.3 Å². The summed E-state index contributed by atoms with van der Waals surface area (Å²) in [4.78, 5) is 32.6. The lowest BCUT2D eigenvalue weighted by molar-refractivity contribution is -0.160. The quantitative estimate of drug-likeness (QED) is 0.172. The normalized spacial score (nSPS) is 16.3. The van der Waals surface area contributed by atoms with Gasteiger partial charge >= 0.3 is 11.9 Å². The van der Waals surface area contributed by atoms with Crippen molar-refractivity contribution >= 4 is 11.9 Å². The van der Waals surface area contributed by atoms with Crippen LogP contribution in [0.3, 0.4) is 0 Å². The van der Waals surface area contributed by atoms with E-state index in [9.17, 15) is 9.59 Å². The third-order valence-electron chi connectivity index (χ3n) is 8.14. The number of halogens is 1. The molecule has 0 saturated carbocycles. The lowest BCUT2D eigenvalue weighted by Crippen LogP contribution is -2.30. The Morgan fingerprint density at radius 2 is 1.84 bits per heavy atom. The second-order valence-corrected chi connectivity index (χ2v) is 13.5. The number of benzene rings is 2. The van der Waals surface area contributed by atoms with Crippen LogP contribution >= 0.6 is 0 Å². The number of pyridine rings is 1. The minimum absolute atomic E-state index is 0.105. The van der Waals surface area contributed by atoms with Crippen LogP contribution in [0.2, 0.25) is 0 Å². The first kappa shape index (κ1) is 33.1. The van der Waals surface area contributed by atoms with Crippen molar-refractivity contribution in [2.45, 2.75) is 79.4 Å². The number of carbonyl (C=O) groups is 2. The predicted molar refractivity (Wildman–Crippen MR) is 169 cm³/mol. The van der Waals surface area contributed by atoms with E-state index in [0.29, 0.717) is 41.3 Å². The zero-order valence-electron chi connectivity index (χ0n) is 27.2. The fraction of sp³-hybridized carbons (Fsp3) is 0.472. The standard InChI is InChI=1S/C36H45FN2O5/c1-9-28(23(2)33(40)44-35(3,4)5)24-11-10-12-27(18-24)43-34(41)25-13-14-29(30-19-32(42-8)38-20-31(30)37)26(17-25)21-39-16-15-36(6,7)22-39/h10-14,17-20,23,28H,9,15-16,21-22H2,1-8H3/t23-,28+/m0/s1. The highest BCUT2D eigenvalue weighted by molar-refractivity contribution is 5.92. The number of likely N-dealkylation sites (tertiary alicyclic amines) is 1. The van der Waals surface area contributed by atoms with Gasteiger partial charge in [0.15, 0.2) is 0 Å². The fourth-order valence-electron chi connectivity index (χ4n) is 5.86. The molecule has 0 N–H and O–H groups in total. The molecule has 1 fully saturated rings. The predicted octanol–water partition coefficient (Wildman–Crippen LogP) is 7.82. The van der Waals surface area contributed by atoms with Gasteiger partial charge in [-0.2, -0.15) is 0 Å². The van der Waals surface area contributed by atoms with Gasteiger partial charge in [0.05, 0.1) is 24.8 Å². The summed E-state index contributed by atoms with van der Waals surface area (Å²) in [7, 11) is 1.49. The topological polar surface area (TPSA) is 78.0 Å². The molecule has 0 unspecified atom stereocenters. The first-order chi connectivity index (χ1) is 20.7. The Morgan fingerprint density at radius 3 is 2.48 bits per heavy atom. The van der Waals surface area contributed by atoms with Crippen LogP contribution in [0.15, 0.2) is 54.7 Å². The summed E-state index contributed by atoms with van der Waals surface area (Å²) in [6.45, 7) is 16.3. The van der Waals surface area contributed by atoms with Crippen LogP contribution < -0.4 is 9.47 Å². The van der Waals surface area contributed by atoms with Crippen LogP contribution in [0, 0.1) is 17.2 Å². The summed E-state index contributed by atoms with van der Waals surface area (Å²) in [5, 5.41) is 0. The van der Waals surface area contributed by atoms with Gasteiger partial charge in [-0.3, -0.25) is 9.69 Å². The summed E-state index contributed by atoms with van der Waals surface area (Å²) in [5.74, 6) is -1.02. The second kappa shape index (κ2) is 13.5. The minimum atomic E-state index is -0.574. The largest absolute Gasteiger partial charge is 0.481 e. The van der Waals surface area contributed by atoms with E-state index in [-0.39, 0.29) is 23.2 Å². The van der Waals surface area contributed by atoms with Gasteiger partial charge in [-0.25, -0.2) is 14.2 Å². The highest BCUT2D eigenvalue weighted by atomic mass is 19.1. The van der Waals surface area contributed by atoms with Crippen LogP contribution in [0.5, 0.6) is 11.6 Å². The monoisotopic (exact) mass is 604 g/mol. The summed E-state index contributed by atoms with van der Waals surface area (Å²) in [6.07, 6.45) is 2.93. The maximum absolute atomic E-state index is 15.0. The van der Waals surface area contributed by atoms with Gasteiger partial charge < -0.3 is 14.2 Å². The molecule has 1 aromatic heterocycles. The van der Waals surface area contributed by atoms with Crippen LogP contribution in [0.1, 0.15) is 88.7 Å². The zero-order chi connectivity index (χ0) is 32.2. The number of esters is 2. The van der Waals surface area contributed by atoms with Gasteiger partial charge in [0.25, 0.3) is 0 Å². The van der Waals surface area contributed by atoms with Gasteiger partial charge in [-0.05, 0) is 92.4 Å². The molecule has 1 aliphatic rings. The first-order valence-electron chi connectivity index (χ1n) is 15.3. The first-order valence-corrected chi connectivity index (χ1v) is 15.3. The molecule has 2 atom stereocenters. The van der Waals surface area contributed by atoms with Crippen molar-refractivity contribution in [3.63, 3.8) is 0 Å². The zero-order valence-corrected chi connectivity index (χ0v) is 27.2. The van der Waals surface area contributed by atoms with Gasteiger partial charge in [0.2, 0.25) is 5.88 Å². The molecule has 2 heterocycles. The van der Waals surface area contributed by atoms with Gasteiger partial charge in [0.1, 0.15) is 17.2 Å². The Hall–Kier alpha value is -3.78. The summed E-state index contributed by atoms with van der Waals surface area (Å²) < 4.78 is 31.8. The molecular formula is C36H45FN2O5. The van der Waals surface area contributed by atoms with Gasteiger partial charge in [-0.1, -0.05) is 45.9 Å². The van der Waals surface area contributed by atoms with Crippen LogP contribution in [-0.2, 0) is 16.1 Å². The molecule has 0 bridgehead atoms. The Labute approximate surface area is 260 Å². The molecule has 3 aromatic rings. The maximum atomic E-state index is 15.0. The SMILES string of the molecule is CC[C@@H](c1cccc(OC(=O)c2ccc(-c3cc(OC)ncc3F)c(CN3CCC(C)(C)C3)c2)c1)[C@H](C)C(=O)OC(C)(C)C. The van der Waals surface area contributed by atoms with E-state index >= 15 is 4.39 Å². The van der Waals surface area contributed by atoms with E-state index in [2.05, 4.69) is 23.7 Å². The number of ether oxygens (including phenoxy) is 3. The molecule has 0 amide bonds. The molecule has 1 saturated heterocycles. The highest BCUT2D eigenvalue weighted by Crippen LogP contribution is 2.35. The molecular weight excluding hydrogens is 559 g/mol. The number of rotatable bonds is 10. The summed E-state index contributed by atoms with van der Waals surface area (Å²) in [5.41, 5.74) is 2.72. The third-order valence-corrected chi connectivity index (χ3v) is 8.14. The minimum Gasteiger partial charge on any atom is -0.481 e. The molecule has 2 aromatic carbocycles. The van der Waals surface area contributed by atoms with Gasteiger partial charge in [-0.15, -0.1) is 0 Å². The number of methoxy groups -OCH3 is 1. The van der Waals surface area contributed by atoms with E-state index in [0.717, 1.165) is 36.8 Å². The van der Waals surface area contributed by atoms with Crippen molar-refractivity contribution in [3.8, 4) is 22.8 Å². The number of hydrogen-bond acceptors (Lipinski definition) is 7. The third kappa shape index (κ3) is 8.23. The summed E-state index contributed by atoms with van der Waals surface area (Å²) in [6, 6.07) is 14.1. The molecule has 0 aliphatic carbocycles. The summed E-state index contributed by atoms with van der Waals surface area (Å²) >= 11 is 0. The van der Waals surface area contributed by atoms with Crippen LogP contribution in [-0.4, -0.2) is 47.6 Å². The molecule has 1 aliphatic heterocycles. The highest BCUT2D eigenvalue weighted by Gasteiger charge is 2.31. The Morgan fingerprint density at radius 1 is 1.09 bits per heavy atom. The number of aromatic nitrogens is 1. The lowest BCUT2D eigenvalue weighted by Gasteiger charge is -2.27. The van der Waals surface area contributed by atoms with Crippen LogP contribution in [0.25, 0.3) is 11.1 Å². The molecule has 0 radical (unpaired) electrons. The Kier molecular flexibility index (Phi) is 10.1. The molecule has 0 spiro atoms. The fourth-order valence-corrected chi connectivity index (χ4v) is 5.86. The molecule has 8 heteroatoms. The number of nitrogens with zero attached hydrogens (tertiary/aromatic N) is 2. The number of hydrogen-bond donors (Lipinski definition) is 0. The smallest absolute Gasteiger partial charge is 0.343 e. The van der Waals surface area contributed by atoms with E-state index in [1.807, 2.05) is 52.8 Å². The van der Waals surface area contributed by atoms with Gasteiger partial charge in [0, 0.05) is 24.7 Å². The van der Waals surface area contributed by atoms with Crippen molar-refractivity contribution in [1.82, 2.24) is 9.88 Å². The Bertz CT molecular complexity index is 1500. The average Bonchev–Trinajstić information content (AvgIpc) is 3.30. The van der Waals surface area contributed by atoms with Crippen molar-refractivity contribution in [3.05, 3.63) is 77.2 Å². The Balaban J connectivity index is 1.61. The van der Waals surface area contributed by atoms with Crippen molar-refractivity contribution in [2.75, 3.05) is 20.2 Å². The molecule has 236 valence electrons. The maximum Gasteiger partial charge on any atom is 0.343 e. The van der Waals surface area contributed by atoms with E-state index in [1.165, 1.54) is 7.11 Å². The van der Waals surface area contributed by atoms with Crippen molar-refractivity contribution < 1.29 is 28.2 Å². The molecule has 44 heavy (non-hydrogen) atoms. The van der Waals surface area contributed by atoms with E-state index in [4.69, 9.17) is 14.2 Å². The second-order valence-electron chi connectivity index (χ2n) is 13.5. The van der Waals surface area contributed by atoms with Crippen LogP contribution in [0.4, 0.5) is 4.39 Å². The number of carbonyl (C=O) groups excluding carboxylic acids is 2. The van der Waals surface area contributed by atoms with E-state index < -0.39 is 17.4 Å². The van der Waals surface area contributed by atoms with Crippen molar-refractivity contribution in [1.29, 1.82) is 0 Å². The molecule has 7 nitrogen and oxygen atoms in total. The lowest BCUT2D eigenvalue weighted by atomic mass is 9.85.